The van der Waals surface area contributed by atoms with Crippen LogP contribution in [-0.2, 0) is 6.54 Å². The Morgan fingerprint density at radius 2 is 2.10 bits per heavy atom. The Morgan fingerprint density at radius 3 is 2.75 bits per heavy atom. The number of nitro benzene ring substituents is 1. The van der Waals surface area contributed by atoms with Gasteiger partial charge in [0.25, 0.3) is 5.69 Å². The summed E-state index contributed by atoms with van der Waals surface area (Å²) in [7, 11) is 0. The van der Waals surface area contributed by atoms with Gasteiger partial charge in [0, 0.05) is 18.3 Å². The highest BCUT2D eigenvalue weighted by Gasteiger charge is 2.13. The molecule has 0 aromatic heterocycles. The fourth-order valence-electron chi connectivity index (χ4n) is 1.75. The first-order valence-electron chi connectivity index (χ1n) is 5.77. The van der Waals surface area contributed by atoms with E-state index in [1.807, 2.05) is 0 Å². The van der Waals surface area contributed by atoms with Crippen molar-refractivity contribution in [3.63, 3.8) is 0 Å². The lowest BCUT2D eigenvalue weighted by atomic mass is 10.1. The molecule has 0 atom stereocenters. The van der Waals surface area contributed by atoms with Crippen molar-refractivity contribution in [2.45, 2.75) is 6.54 Å². The summed E-state index contributed by atoms with van der Waals surface area (Å²) < 4.78 is 13.0. The van der Waals surface area contributed by atoms with Crippen molar-refractivity contribution in [2.24, 2.45) is 0 Å². The quantitative estimate of drug-likeness (QED) is 0.684. The second-order valence-electron chi connectivity index (χ2n) is 4.08. The summed E-state index contributed by atoms with van der Waals surface area (Å²) in [4.78, 5) is 10.1. The monoisotopic (exact) mass is 271 g/mol. The summed E-state index contributed by atoms with van der Waals surface area (Å²) in [5, 5.41) is 22.6. The molecule has 0 spiro atoms. The molecule has 2 aromatic carbocycles. The van der Waals surface area contributed by atoms with E-state index < -0.39 is 4.92 Å². The zero-order chi connectivity index (χ0) is 14.5. The average molecular weight is 271 g/mol. The van der Waals surface area contributed by atoms with Crippen LogP contribution in [0.4, 0.5) is 15.8 Å². The highest BCUT2D eigenvalue weighted by atomic mass is 19.1. The lowest BCUT2D eigenvalue weighted by Gasteiger charge is -2.07. The summed E-state index contributed by atoms with van der Waals surface area (Å²) >= 11 is 0. The van der Waals surface area contributed by atoms with E-state index in [0.717, 1.165) is 5.56 Å². The van der Waals surface area contributed by atoms with Crippen molar-refractivity contribution < 1.29 is 9.31 Å². The van der Waals surface area contributed by atoms with Gasteiger partial charge in [0.15, 0.2) is 0 Å². The number of halogens is 1. The molecule has 20 heavy (non-hydrogen) atoms. The molecule has 0 saturated heterocycles. The van der Waals surface area contributed by atoms with Gasteiger partial charge in [-0.2, -0.15) is 5.26 Å². The van der Waals surface area contributed by atoms with Crippen LogP contribution in [0, 0.1) is 27.3 Å². The Hall–Kier alpha value is -2.94. The lowest BCUT2D eigenvalue weighted by Crippen LogP contribution is -2.01. The number of hydrogen-bond acceptors (Lipinski definition) is 4. The minimum absolute atomic E-state index is 0.0146. The summed E-state index contributed by atoms with van der Waals surface area (Å²) in [6.07, 6.45) is 0. The van der Waals surface area contributed by atoms with Crippen molar-refractivity contribution in [2.75, 3.05) is 5.32 Å². The number of nitrogens with zero attached hydrogens (tertiary/aromatic N) is 2. The van der Waals surface area contributed by atoms with Gasteiger partial charge in [0.2, 0.25) is 0 Å². The van der Waals surface area contributed by atoms with Gasteiger partial charge in [-0.05, 0) is 29.8 Å². The zero-order valence-corrected chi connectivity index (χ0v) is 10.3. The third-order valence-corrected chi connectivity index (χ3v) is 2.70. The van der Waals surface area contributed by atoms with E-state index in [1.165, 1.54) is 30.3 Å². The highest BCUT2D eigenvalue weighted by Crippen LogP contribution is 2.22. The van der Waals surface area contributed by atoms with Gasteiger partial charge >= 0.3 is 0 Å². The maximum Gasteiger partial charge on any atom is 0.287 e. The van der Waals surface area contributed by atoms with Crippen LogP contribution in [0.25, 0.3) is 0 Å². The van der Waals surface area contributed by atoms with Gasteiger partial charge in [-0.25, -0.2) is 4.39 Å². The van der Waals surface area contributed by atoms with Gasteiger partial charge in [-0.1, -0.05) is 12.1 Å². The third-order valence-electron chi connectivity index (χ3n) is 2.70. The van der Waals surface area contributed by atoms with Gasteiger partial charge in [-0.3, -0.25) is 10.1 Å². The number of nitrogens with one attached hydrogen (secondary N) is 1. The number of hydrogen-bond donors (Lipinski definition) is 1. The van der Waals surface area contributed by atoms with E-state index in [-0.39, 0.29) is 17.1 Å². The largest absolute Gasteiger partial charge is 0.381 e. The molecule has 0 saturated carbocycles. The molecule has 100 valence electrons. The predicted octanol–water partition coefficient (Wildman–Crippen LogP) is 3.22. The maximum absolute atomic E-state index is 13.0. The summed E-state index contributed by atoms with van der Waals surface area (Å²) in [5.74, 6) is -0.328. The predicted molar refractivity (Wildman–Crippen MR) is 71.5 cm³/mol. The van der Waals surface area contributed by atoms with Crippen molar-refractivity contribution in [3.05, 3.63) is 69.5 Å². The molecular weight excluding hydrogens is 261 g/mol. The topological polar surface area (TPSA) is 79.0 Å². The van der Waals surface area contributed by atoms with Crippen molar-refractivity contribution in [1.29, 1.82) is 5.26 Å². The molecule has 1 N–H and O–H groups in total. The maximum atomic E-state index is 13.0. The van der Waals surface area contributed by atoms with Gasteiger partial charge in [0.1, 0.15) is 17.4 Å². The Labute approximate surface area is 114 Å². The smallest absolute Gasteiger partial charge is 0.287 e. The van der Waals surface area contributed by atoms with Crippen LogP contribution in [0.15, 0.2) is 42.5 Å². The molecule has 0 bridgehead atoms. The van der Waals surface area contributed by atoms with Crippen LogP contribution in [-0.4, -0.2) is 4.92 Å². The SMILES string of the molecule is N#Cc1cc(NCc2cccc(F)c2)ccc1[N+](=O)[O-]. The second kappa shape index (κ2) is 5.80. The molecule has 0 amide bonds. The highest BCUT2D eigenvalue weighted by molar-refractivity contribution is 5.58. The molecule has 0 heterocycles. The molecule has 0 aliphatic rings. The average Bonchev–Trinajstić information content (AvgIpc) is 2.44. The third kappa shape index (κ3) is 3.09. The zero-order valence-electron chi connectivity index (χ0n) is 10.3. The fraction of sp³-hybridized carbons (Fsp3) is 0.0714. The van der Waals surface area contributed by atoms with E-state index in [9.17, 15) is 14.5 Å². The molecule has 6 heteroatoms. The van der Waals surface area contributed by atoms with E-state index in [4.69, 9.17) is 5.26 Å². The van der Waals surface area contributed by atoms with Crippen LogP contribution < -0.4 is 5.32 Å². The first-order chi connectivity index (χ1) is 9.60. The van der Waals surface area contributed by atoms with Crippen LogP contribution in [0.3, 0.4) is 0 Å². The molecule has 0 fully saturated rings. The second-order valence-corrected chi connectivity index (χ2v) is 4.08. The number of nitriles is 1. The summed E-state index contributed by atoms with van der Waals surface area (Å²) in [6, 6.07) is 12.1. The van der Waals surface area contributed by atoms with E-state index in [2.05, 4.69) is 5.32 Å². The first-order valence-corrected chi connectivity index (χ1v) is 5.77. The normalized spacial score (nSPS) is 9.80. The van der Waals surface area contributed by atoms with E-state index in [0.29, 0.717) is 12.2 Å². The Balaban J connectivity index is 2.15. The van der Waals surface area contributed by atoms with Gasteiger partial charge < -0.3 is 5.32 Å². The molecular formula is C14H10FN3O2. The van der Waals surface area contributed by atoms with E-state index >= 15 is 0 Å². The molecule has 0 aliphatic heterocycles. The fourth-order valence-corrected chi connectivity index (χ4v) is 1.75. The molecule has 5 nitrogen and oxygen atoms in total. The lowest BCUT2D eigenvalue weighted by molar-refractivity contribution is -0.385. The van der Waals surface area contributed by atoms with Crippen LogP contribution in [0.1, 0.15) is 11.1 Å². The van der Waals surface area contributed by atoms with Gasteiger partial charge in [-0.15, -0.1) is 0 Å². The molecule has 0 aliphatic carbocycles. The molecule has 2 rings (SSSR count). The van der Waals surface area contributed by atoms with Crippen LogP contribution in [0.2, 0.25) is 0 Å². The minimum atomic E-state index is -0.602. The first kappa shape index (κ1) is 13.5. The number of anilines is 1. The van der Waals surface area contributed by atoms with E-state index in [1.54, 1.807) is 18.2 Å². The van der Waals surface area contributed by atoms with Crippen LogP contribution in [0.5, 0.6) is 0 Å². The standard InChI is InChI=1S/C14H10FN3O2/c15-12-3-1-2-10(6-12)9-17-13-4-5-14(18(19)20)11(7-13)8-16/h1-7,17H,9H2. The van der Waals surface area contributed by atoms with Gasteiger partial charge in [0.05, 0.1) is 4.92 Å². The number of rotatable bonds is 4. The van der Waals surface area contributed by atoms with Crippen molar-refractivity contribution >= 4 is 11.4 Å². The molecule has 0 radical (unpaired) electrons. The summed E-state index contributed by atoms with van der Waals surface area (Å²) in [5.41, 5.74) is 1.06. The van der Waals surface area contributed by atoms with Crippen molar-refractivity contribution in [1.82, 2.24) is 0 Å². The molecule has 2 aromatic rings. The number of benzene rings is 2. The Kier molecular flexibility index (Phi) is 3.91. The number of nitro groups is 1. The minimum Gasteiger partial charge on any atom is -0.381 e. The van der Waals surface area contributed by atoms with Crippen molar-refractivity contribution in [3.8, 4) is 6.07 Å². The summed E-state index contributed by atoms with van der Waals surface area (Å²) in [6.45, 7) is 0.362. The van der Waals surface area contributed by atoms with Crippen LogP contribution >= 0.6 is 0 Å². The Bertz CT molecular complexity index is 695. The molecule has 0 unspecified atom stereocenters. The Morgan fingerprint density at radius 1 is 1.30 bits per heavy atom.